The molecular weight excluding hydrogens is 234 g/mol. The molecule has 1 aliphatic rings. The fourth-order valence-electron chi connectivity index (χ4n) is 2.21. The Hall–Kier alpha value is -0.540. The highest BCUT2D eigenvalue weighted by Crippen LogP contribution is 2.44. The van der Waals surface area contributed by atoms with E-state index in [9.17, 15) is 0 Å². The third-order valence-electron chi connectivity index (χ3n) is 3.87. The molecule has 1 N–H and O–H groups in total. The smallest absolute Gasteiger partial charge is 0.0762 e. The van der Waals surface area contributed by atoms with E-state index in [1.807, 2.05) is 10.9 Å². The van der Waals surface area contributed by atoms with Gasteiger partial charge in [0.2, 0.25) is 0 Å². The topological polar surface area (TPSA) is 29.9 Å². The van der Waals surface area contributed by atoms with Crippen molar-refractivity contribution in [2.75, 3.05) is 0 Å². The van der Waals surface area contributed by atoms with Gasteiger partial charge in [0.1, 0.15) is 0 Å². The third kappa shape index (κ3) is 2.50. The Morgan fingerprint density at radius 2 is 2.29 bits per heavy atom. The molecule has 0 spiro atoms. The summed E-state index contributed by atoms with van der Waals surface area (Å²) in [5, 5.41) is 8.38. The molecule has 0 saturated heterocycles. The molecule has 1 fully saturated rings. The monoisotopic (exact) mass is 255 g/mol. The van der Waals surface area contributed by atoms with Crippen molar-refractivity contribution >= 4 is 11.6 Å². The molecule has 4 heteroatoms. The van der Waals surface area contributed by atoms with Gasteiger partial charge in [-0.1, -0.05) is 13.8 Å². The molecule has 0 amide bonds. The molecule has 3 nitrogen and oxygen atoms in total. The molecule has 1 aromatic rings. The van der Waals surface area contributed by atoms with Crippen LogP contribution in [-0.2, 0) is 6.54 Å². The predicted molar refractivity (Wildman–Crippen MR) is 71.3 cm³/mol. The van der Waals surface area contributed by atoms with Crippen molar-refractivity contribution in [3.05, 3.63) is 18.0 Å². The van der Waals surface area contributed by atoms with Crippen LogP contribution in [0.15, 0.2) is 12.3 Å². The molecule has 0 bridgehead atoms. The normalized spacial score (nSPS) is 27.2. The van der Waals surface area contributed by atoms with Crippen LogP contribution in [0.25, 0.3) is 0 Å². The standard InChI is InChI=1S/C13H22ClN3/c1-9(2)17-6-5-10(16-17)8-15-12-7-11(14)13(12,3)4/h5-6,9,11-12,15H,7-8H2,1-4H3. The van der Waals surface area contributed by atoms with E-state index in [1.165, 1.54) is 0 Å². The van der Waals surface area contributed by atoms with Crippen molar-refractivity contribution in [2.45, 2.75) is 58.1 Å². The largest absolute Gasteiger partial charge is 0.308 e. The summed E-state index contributed by atoms with van der Waals surface area (Å²) in [7, 11) is 0. The summed E-state index contributed by atoms with van der Waals surface area (Å²) >= 11 is 6.20. The number of hydrogen-bond donors (Lipinski definition) is 1. The number of nitrogens with zero attached hydrogens (tertiary/aromatic N) is 2. The number of alkyl halides is 1. The predicted octanol–water partition coefficient (Wildman–Crippen LogP) is 2.96. The lowest BCUT2D eigenvalue weighted by molar-refractivity contribution is 0.115. The lowest BCUT2D eigenvalue weighted by atomic mass is 9.67. The van der Waals surface area contributed by atoms with Gasteiger partial charge in [-0.3, -0.25) is 4.68 Å². The summed E-state index contributed by atoms with van der Waals surface area (Å²) in [6, 6.07) is 3.02. The van der Waals surface area contributed by atoms with Crippen LogP contribution in [0, 0.1) is 5.41 Å². The quantitative estimate of drug-likeness (QED) is 0.839. The average molecular weight is 256 g/mol. The first-order valence-electron chi connectivity index (χ1n) is 6.32. The maximum atomic E-state index is 6.20. The second-order valence-corrected chi connectivity index (χ2v) is 6.37. The summed E-state index contributed by atoms with van der Waals surface area (Å²) in [6.45, 7) is 9.54. The summed E-state index contributed by atoms with van der Waals surface area (Å²) in [5.41, 5.74) is 1.30. The van der Waals surface area contributed by atoms with E-state index >= 15 is 0 Å². The zero-order valence-electron chi connectivity index (χ0n) is 11.1. The van der Waals surface area contributed by atoms with Crippen LogP contribution in [0.4, 0.5) is 0 Å². The molecule has 1 aromatic heterocycles. The van der Waals surface area contributed by atoms with Gasteiger partial charge in [0.15, 0.2) is 0 Å². The Morgan fingerprint density at radius 3 is 2.76 bits per heavy atom. The summed E-state index contributed by atoms with van der Waals surface area (Å²) in [4.78, 5) is 0. The molecule has 0 aliphatic heterocycles. The molecule has 2 atom stereocenters. The molecule has 17 heavy (non-hydrogen) atoms. The first-order chi connectivity index (χ1) is 7.91. The van der Waals surface area contributed by atoms with E-state index in [-0.39, 0.29) is 5.41 Å². The maximum absolute atomic E-state index is 6.20. The van der Waals surface area contributed by atoms with Gasteiger partial charge in [-0.05, 0) is 31.7 Å². The van der Waals surface area contributed by atoms with Crippen LogP contribution in [0.3, 0.4) is 0 Å². The second-order valence-electron chi connectivity index (χ2n) is 5.84. The fraction of sp³-hybridized carbons (Fsp3) is 0.769. The summed E-state index contributed by atoms with van der Waals surface area (Å²) < 4.78 is 1.99. The van der Waals surface area contributed by atoms with E-state index in [1.54, 1.807) is 0 Å². The van der Waals surface area contributed by atoms with Crippen molar-refractivity contribution in [3.8, 4) is 0 Å². The van der Waals surface area contributed by atoms with E-state index in [0.717, 1.165) is 18.7 Å². The maximum Gasteiger partial charge on any atom is 0.0762 e. The van der Waals surface area contributed by atoms with Gasteiger partial charge in [-0.25, -0.2) is 0 Å². The second kappa shape index (κ2) is 4.62. The number of halogens is 1. The number of aromatic nitrogens is 2. The van der Waals surface area contributed by atoms with Gasteiger partial charge in [0, 0.05) is 30.2 Å². The molecule has 2 rings (SSSR count). The molecule has 1 heterocycles. The van der Waals surface area contributed by atoms with Crippen LogP contribution in [0.2, 0.25) is 0 Å². The van der Waals surface area contributed by atoms with E-state index < -0.39 is 0 Å². The zero-order chi connectivity index (χ0) is 12.6. The Bertz CT molecular complexity index is 384. The SMILES string of the molecule is CC(C)n1ccc(CNC2CC(Cl)C2(C)C)n1. The van der Waals surface area contributed by atoms with Gasteiger partial charge in [-0.15, -0.1) is 11.6 Å². The van der Waals surface area contributed by atoms with Gasteiger partial charge in [-0.2, -0.15) is 5.10 Å². The van der Waals surface area contributed by atoms with Gasteiger partial charge in [0.25, 0.3) is 0 Å². The van der Waals surface area contributed by atoms with Crippen molar-refractivity contribution in [1.29, 1.82) is 0 Å². The van der Waals surface area contributed by atoms with Crippen LogP contribution in [0.5, 0.6) is 0 Å². The first-order valence-corrected chi connectivity index (χ1v) is 6.76. The molecule has 1 aliphatic carbocycles. The minimum Gasteiger partial charge on any atom is -0.308 e. The van der Waals surface area contributed by atoms with Crippen LogP contribution >= 0.6 is 11.6 Å². The highest BCUT2D eigenvalue weighted by Gasteiger charge is 2.46. The average Bonchev–Trinajstić information content (AvgIpc) is 2.72. The molecule has 96 valence electrons. The van der Waals surface area contributed by atoms with Crippen molar-refractivity contribution < 1.29 is 0 Å². The number of hydrogen-bond acceptors (Lipinski definition) is 2. The van der Waals surface area contributed by atoms with Gasteiger partial charge < -0.3 is 5.32 Å². The number of rotatable bonds is 4. The van der Waals surface area contributed by atoms with Crippen LogP contribution in [0.1, 0.15) is 45.9 Å². The Morgan fingerprint density at radius 1 is 1.59 bits per heavy atom. The molecule has 0 radical (unpaired) electrons. The minimum absolute atomic E-state index is 0.197. The van der Waals surface area contributed by atoms with Crippen molar-refractivity contribution in [1.82, 2.24) is 15.1 Å². The van der Waals surface area contributed by atoms with Gasteiger partial charge >= 0.3 is 0 Å². The molecule has 0 aromatic carbocycles. The first kappa shape index (κ1) is 12.9. The van der Waals surface area contributed by atoms with E-state index in [0.29, 0.717) is 17.5 Å². The zero-order valence-corrected chi connectivity index (χ0v) is 11.8. The van der Waals surface area contributed by atoms with Crippen LogP contribution < -0.4 is 5.32 Å². The van der Waals surface area contributed by atoms with E-state index in [2.05, 4.69) is 44.2 Å². The Balaban J connectivity index is 1.86. The van der Waals surface area contributed by atoms with Crippen LogP contribution in [-0.4, -0.2) is 21.2 Å². The lowest BCUT2D eigenvalue weighted by Gasteiger charge is -2.49. The van der Waals surface area contributed by atoms with E-state index in [4.69, 9.17) is 11.6 Å². The van der Waals surface area contributed by atoms with Gasteiger partial charge in [0.05, 0.1) is 5.69 Å². The number of nitrogens with one attached hydrogen (secondary N) is 1. The third-order valence-corrected chi connectivity index (χ3v) is 4.61. The van der Waals surface area contributed by atoms with Crippen molar-refractivity contribution in [2.24, 2.45) is 5.41 Å². The Kier molecular flexibility index (Phi) is 3.50. The molecular formula is C13H22ClN3. The highest BCUT2D eigenvalue weighted by molar-refractivity contribution is 6.21. The molecule has 1 saturated carbocycles. The summed E-state index contributed by atoms with van der Waals surface area (Å²) in [6.07, 6.45) is 3.09. The molecule has 2 unspecified atom stereocenters. The summed E-state index contributed by atoms with van der Waals surface area (Å²) in [5.74, 6) is 0. The fourth-order valence-corrected chi connectivity index (χ4v) is 2.54. The minimum atomic E-state index is 0.197. The highest BCUT2D eigenvalue weighted by atomic mass is 35.5. The lowest BCUT2D eigenvalue weighted by Crippen LogP contribution is -2.57. The van der Waals surface area contributed by atoms with Crippen molar-refractivity contribution in [3.63, 3.8) is 0 Å². The Labute approximate surface area is 109 Å².